The summed E-state index contributed by atoms with van der Waals surface area (Å²) in [7, 11) is 0. The van der Waals surface area contributed by atoms with E-state index >= 15 is 0 Å². The number of piperazine rings is 1. The fraction of sp³-hybridized carbons (Fsp3) is 0.500. The molecule has 1 atom stereocenters. The smallest absolute Gasteiger partial charge is 0.256 e. The van der Waals surface area contributed by atoms with Gasteiger partial charge in [-0.05, 0) is 44.8 Å². The van der Waals surface area contributed by atoms with E-state index in [0.717, 1.165) is 32.8 Å². The summed E-state index contributed by atoms with van der Waals surface area (Å²) in [5.41, 5.74) is 0.756. The van der Waals surface area contributed by atoms with Crippen molar-refractivity contribution in [2.45, 2.75) is 13.0 Å². The maximum atomic E-state index is 12.2. The SMILES string of the molecule is C[C@H]1CN(C(=O)c2cc(Br)sc2Br)CCN1. The van der Waals surface area contributed by atoms with Crippen molar-refractivity contribution in [3.8, 4) is 0 Å². The molecule has 0 bridgehead atoms. The first-order valence-electron chi connectivity index (χ1n) is 5.05. The number of hydrogen-bond acceptors (Lipinski definition) is 3. The maximum Gasteiger partial charge on any atom is 0.256 e. The number of nitrogens with zero attached hydrogens (tertiary/aromatic N) is 1. The fourth-order valence-electron chi connectivity index (χ4n) is 1.77. The molecule has 1 aromatic heterocycles. The van der Waals surface area contributed by atoms with Crippen LogP contribution in [-0.2, 0) is 0 Å². The van der Waals surface area contributed by atoms with E-state index in [-0.39, 0.29) is 5.91 Å². The number of nitrogens with one attached hydrogen (secondary N) is 1. The summed E-state index contributed by atoms with van der Waals surface area (Å²) in [4.78, 5) is 14.1. The quantitative estimate of drug-likeness (QED) is 0.827. The number of hydrogen-bond donors (Lipinski definition) is 1. The van der Waals surface area contributed by atoms with Crippen molar-refractivity contribution < 1.29 is 4.79 Å². The summed E-state index contributed by atoms with van der Waals surface area (Å²) in [6.07, 6.45) is 0. The molecule has 1 saturated heterocycles. The van der Waals surface area contributed by atoms with E-state index in [1.165, 1.54) is 11.3 Å². The molecule has 1 aliphatic heterocycles. The Morgan fingerprint density at radius 1 is 1.62 bits per heavy atom. The van der Waals surface area contributed by atoms with Gasteiger partial charge in [0.25, 0.3) is 5.91 Å². The van der Waals surface area contributed by atoms with Crippen molar-refractivity contribution in [2.24, 2.45) is 0 Å². The molecule has 0 radical (unpaired) electrons. The van der Waals surface area contributed by atoms with Gasteiger partial charge in [-0.25, -0.2) is 0 Å². The summed E-state index contributed by atoms with van der Waals surface area (Å²) < 4.78 is 1.88. The van der Waals surface area contributed by atoms with Gasteiger partial charge in [-0.15, -0.1) is 11.3 Å². The Morgan fingerprint density at radius 2 is 2.38 bits per heavy atom. The Kier molecular flexibility index (Phi) is 4.05. The van der Waals surface area contributed by atoms with Gasteiger partial charge >= 0.3 is 0 Å². The van der Waals surface area contributed by atoms with Crippen LogP contribution in [0.3, 0.4) is 0 Å². The van der Waals surface area contributed by atoms with Crippen LogP contribution in [0.2, 0.25) is 0 Å². The molecule has 0 unspecified atom stereocenters. The van der Waals surface area contributed by atoms with Crippen LogP contribution in [0.25, 0.3) is 0 Å². The van der Waals surface area contributed by atoms with Crippen LogP contribution in [0.15, 0.2) is 13.6 Å². The zero-order valence-corrected chi connectivity index (χ0v) is 12.8. The van der Waals surface area contributed by atoms with E-state index in [9.17, 15) is 4.79 Å². The second-order valence-electron chi connectivity index (χ2n) is 3.84. The molecule has 1 aromatic rings. The Balaban J connectivity index is 2.15. The number of carbonyl (C=O) groups is 1. The lowest BCUT2D eigenvalue weighted by Gasteiger charge is -2.31. The third-order valence-electron chi connectivity index (χ3n) is 2.54. The van der Waals surface area contributed by atoms with Gasteiger partial charge in [-0.3, -0.25) is 4.79 Å². The van der Waals surface area contributed by atoms with E-state index in [1.54, 1.807) is 0 Å². The third kappa shape index (κ3) is 2.67. The van der Waals surface area contributed by atoms with E-state index in [0.29, 0.717) is 6.04 Å². The molecule has 1 aliphatic rings. The van der Waals surface area contributed by atoms with Crippen molar-refractivity contribution in [3.05, 3.63) is 19.2 Å². The lowest BCUT2D eigenvalue weighted by Crippen LogP contribution is -2.51. The predicted molar refractivity (Wildman–Crippen MR) is 73.1 cm³/mol. The summed E-state index contributed by atoms with van der Waals surface area (Å²) in [6, 6.07) is 2.25. The van der Waals surface area contributed by atoms with E-state index in [2.05, 4.69) is 44.1 Å². The van der Waals surface area contributed by atoms with E-state index < -0.39 is 0 Å². The minimum Gasteiger partial charge on any atom is -0.336 e. The molecule has 0 aromatic carbocycles. The molecule has 1 fully saturated rings. The number of amides is 1. The van der Waals surface area contributed by atoms with Crippen molar-refractivity contribution in [1.29, 1.82) is 0 Å². The van der Waals surface area contributed by atoms with Crippen LogP contribution in [0.1, 0.15) is 17.3 Å². The molecule has 3 nitrogen and oxygen atoms in total. The third-order valence-corrected chi connectivity index (χ3v) is 4.88. The molecule has 16 heavy (non-hydrogen) atoms. The van der Waals surface area contributed by atoms with Crippen LogP contribution >= 0.6 is 43.2 Å². The first kappa shape index (κ1) is 12.5. The number of carbonyl (C=O) groups excluding carboxylic acids is 1. The van der Waals surface area contributed by atoms with Crippen molar-refractivity contribution in [2.75, 3.05) is 19.6 Å². The summed E-state index contributed by atoms with van der Waals surface area (Å²) >= 11 is 8.35. The van der Waals surface area contributed by atoms with Crippen LogP contribution in [0, 0.1) is 0 Å². The highest BCUT2D eigenvalue weighted by molar-refractivity contribution is 9.12. The molecule has 2 rings (SSSR count). The minimum absolute atomic E-state index is 0.113. The molecule has 1 N–H and O–H groups in total. The number of thiophene rings is 1. The topological polar surface area (TPSA) is 32.3 Å². The highest BCUT2D eigenvalue weighted by Gasteiger charge is 2.24. The van der Waals surface area contributed by atoms with Crippen molar-refractivity contribution in [1.82, 2.24) is 10.2 Å². The molecule has 6 heteroatoms. The molecule has 0 spiro atoms. The van der Waals surface area contributed by atoms with E-state index in [4.69, 9.17) is 0 Å². The molecular weight excluding hydrogens is 356 g/mol. The van der Waals surface area contributed by atoms with Gasteiger partial charge in [0.15, 0.2) is 0 Å². The molecule has 88 valence electrons. The summed E-state index contributed by atoms with van der Waals surface area (Å²) in [6.45, 7) is 4.52. The normalized spacial score (nSPS) is 21.2. The molecule has 1 amide bonds. The highest BCUT2D eigenvalue weighted by Crippen LogP contribution is 2.32. The van der Waals surface area contributed by atoms with Gasteiger partial charge in [-0.1, -0.05) is 0 Å². The maximum absolute atomic E-state index is 12.2. The second kappa shape index (κ2) is 5.16. The van der Waals surface area contributed by atoms with Crippen molar-refractivity contribution in [3.63, 3.8) is 0 Å². The Bertz CT molecular complexity index is 408. The van der Waals surface area contributed by atoms with Crippen LogP contribution in [0.5, 0.6) is 0 Å². The van der Waals surface area contributed by atoms with Gasteiger partial charge in [-0.2, -0.15) is 0 Å². The zero-order chi connectivity index (χ0) is 11.7. The molecular formula is C10H12Br2N2OS. The lowest BCUT2D eigenvalue weighted by molar-refractivity contribution is 0.0709. The van der Waals surface area contributed by atoms with Crippen LogP contribution < -0.4 is 5.32 Å². The average molecular weight is 368 g/mol. The summed E-state index contributed by atoms with van der Waals surface area (Å²) in [5.74, 6) is 0.113. The number of halogens is 2. The Labute approximate surface area is 115 Å². The van der Waals surface area contributed by atoms with Crippen molar-refractivity contribution >= 4 is 49.1 Å². The zero-order valence-electron chi connectivity index (χ0n) is 8.80. The molecule has 0 saturated carbocycles. The van der Waals surface area contributed by atoms with Gasteiger partial charge in [0, 0.05) is 25.7 Å². The highest BCUT2D eigenvalue weighted by atomic mass is 79.9. The first-order valence-corrected chi connectivity index (χ1v) is 7.45. The van der Waals surface area contributed by atoms with E-state index in [1.807, 2.05) is 11.0 Å². The molecule has 2 heterocycles. The second-order valence-corrected chi connectivity index (χ2v) is 7.59. The standard InChI is InChI=1S/C10H12Br2N2OS/c1-6-5-14(3-2-13-6)10(15)7-4-8(11)16-9(7)12/h4,6,13H,2-3,5H2,1H3/t6-/m0/s1. The molecule has 0 aliphatic carbocycles. The minimum atomic E-state index is 0.113. The van der Waals surface area contributed by atoms with Gasteiger partial charge in [0.1, 0.15) is 0 Å². The van der Waals surface area contributed by atoms with Crippen LogP contribution in [-0.4, -0.2) is 36.5 Å². The Morgan fingerprint density at radius 3 is 2.94 bits per heavy atom. The summed E-state index contributed by atoms with van der Waals surface area (Å²) in [5, 5.41) is 3.33. The predicted octanol–water partition coefficient (Wildman–Crippen LogP) is 2.71. The van der Waals surface area contributed by atoms with Gasteiger partial charge < -0.3 is 10.2 Å². The van der Waals surface area contributed by atoms with Gasteiger partial charge in [0.2, 0.25) is 0 Å². The fourth-order valence-corrected chi connectivity index (χ4v) is 4.55. The largest absolute Gasteiger partial charge is 0.336 e. The lowest BCUT2D eigenvalue weighted by atomic mass is 10.2. The average Bonchev–Trinajstić information content (AvgIpc) is 2.57. The first-order chi connectivity index (χ1) is 7.58. The monoisotopic (exact) mass is 366 g/mol. The van der Waals surface area contributed by atoms with Crippen LogP contribution in [0.4, 0.5) is 0 Å². The number of rotatable bonds is 1. The van der Waals surface area contributed by atoms with Gasteiger partial charge in [0.05, 0.1) is 13.1 Å². The Hall–Kier alpha value is 0.0900.